The van der Waals surface area contributed by atoms with E-state index in [-0.39, 0.29) is 5.56 Å². The monoisotopic (exact) mass is 302 g/mol. The smallest absolute Gasteiger partial charge is 0.335 e. The van der Waals surface area contributed by atoms with Gasteiger partial charge < -0.3 is 9.84 Å². The van der Waals surface area contributed by atoms with Crippen LogP contribution in [0.2, 0.25) is 5.02 Å². The molecule has 2 aromatic carbocycles. The minimum absolute atomic E-state index is 0.151. The van der Waals surface area contributed by atoms with Crippen molar-refractivity contribution in [3.63, 3.8) is 0 Å². The minimum Gasteiger partial charge on any atom is -0.478 e. The van der Waals surface area contributed by atoms with Gasteiger partial charge in [-0.25, -0.2) is 4.79 Å². The molecule has 0 saturated heterocycles. The highest BCUT2D eigenvalue weighted by molar-refractivity contribution is 6.32. The Morgan fingerprint density at radius 3 is 2.52 bits per heavy atom. The van der Waals surface area contributed by atoms with Gasteiger partial charge in [-0.3, -0.25) is 0 Å². The van der Waals surface area contributed by atoms with Crippen LogP contribution in [-0.4, -0.2) is 11.1 Å². The zero-order valence-electron chi connectivity index (χ0n) is 11.4. The number of fused-ring (bicyclic) bond motifs is 1. The number of benzene rings is 2. The molecule has 1 aliphatic rings. The zero-order valence-corrected chi connectivity index (χ0v) is 12.2. The van der Waals surface area contributed by atoms with Crippen LogP contribution in [0.25, 0.3) is 0 Å². The van der Waals surface area contributed by atoms with Gasteiger partial charge in [0.25, 0.3) is 0 Å². The second-order valence-electron chi connectivity index (χ2n) is 5.19. The number of aryl methyl sites for hydroxylation is 2. The van der Waals surface area contributed by atoms with Gasteiger partial charge in [0.2, 0.25) is 0 Å². The first-order valence-electron chi connectivity index (χ1n) is 6.96. The van der Waals surface area contributed by atoms with E-state index in [1.54, 1.807) is 6.07 Å². The van der Waals surface area contributed by atoms with Crippen molar-refractivity contribution < 1.29 is 14.6 Å². The molecule has 21 heavy (non-hydrogen) atoms. The van der Waals surface area contributed by atoms with Crippen molar-refractivity contribution in [2.45, 2.75) is 25.7 Å². The summed E-state index contributed by atoms with van der Waals surface area (Å²) in [5.41, 5.74) is 2.87. The van der Waals surface area contributed by atoms with Gasteiger partial charge in [-0.1, -0.05) is 17.7 Å². The minimum atomic E-state index is -1.00. The Bertz CT molecular complexity index is 694. The van der Waals surface area contributed by atoms with Gasteiger partial charge in [0.1, 0.15) is 11.5 Å². The Kier molecular flexibility index (Phi) is 3.84. The molecule has 0 unspecified atom stereocenters. The van der Waals surface area contributed by atoms with Gasteiger partial charge in [0.15, 0.2) is 0 Å². The highest BCUT2D eigenvalue weighted by Gasteiger charge is 2.12. The summed E-state index contributed by atoms with van der Waals surface area (Å²) in [5, 5.41) is 9.22. The number of ether oxygens (including phenoxy) is 1. The summed E-state index contributed by atoms with van der Waals surface area (Å²) in [7, 11) is 0. The first kappa shape index (κ1) is 14.0. The molecule has 2 aromatic rings. The maximum Gasteiger partial charge on any atom is 0.335 e. The average Bonchev–Trinajstić information content (AvgIpc) is 2.49. The fraction of sp³-hybridized carbons (Fsp3) is 0.235. The van der Waals surface area contributed by atoms with Crippen LogP contribution in [0.1, 0.15) is 34.3 Å². The molecule has 0 aromatic heterocycles. The molecular formula is C17H15ClO3. The van der Waals surface area contributed by atoms with E-state index in [0.29, 0.717) is 10.8 Å². The molecule has 4 heteroatoms. The first-order chi connectivity index (χ1) is 10.1. The van der Waals surface area contributed by atoms with Crippen LogP contribution in [0.3, 0.4) is 0 Å². The summed E-state index contributed by atoms with van der Waals surface area (Å²) >= 11 is 6.08. The van der Waals surface area contributed by atoms with E-state index in [0.717, 1.165) is 18.6 Å². The van der Waals surface area contributed by atoms with Gasteiger partial charge in [-0.15, -0.1) is 0 Å². The van der Waals surface area contributed by atoms with E-state index >= 15 is 0 Å². The molecule has 0 saturated carbocycles. The molecule has 0 aliphatic heterocycles. The number of hydrogen-bond acceptors (Lipinski definition) is 2. The Labute approximate surface area is 128 Å². The van der Waals surface area contributed by atoms with Gasteiger partial charge in [0, 0.05) is 0 Å². The van der Waals surface area contributed by atoms with Gasteiger partial charge in [-0.05, 0) is 67.1 Å². The summed E-state index contributed by atoms with van der Waals surface area (Å²) in [6, 6.07) is 10.6. The van der Waals surface area contributed by atoms with Crippen molar-refractivity contribution in [2.24, 2.45) is 0 Å². The number of halogens is 1. The predicted octanol–water partition coefficient (Wildman–Crippen LogP) is 4.71. The van der Waals surface area contributed by atoms with E-state index in [1.165, 1.54) is 36.1 Å². The molecule has 0 spiro atoms. The molecule has 3 rings (SSSR count). The van der Waals surface area contributed by atoms with Crippen molar-refractivity contribution in [1.29, 1.82) is 0 Å². The highest BCUT2D eigenvalue weighted by atomic mass is 35.5. The Balaban J connectivity index is 1.85. The molecule has 0 bridgehead atoms. The van der Waals surface area contributed by atoms with Crippen LogP contribution in [-0.2, 0) is 12.8 Å². The first-order valence-corrected chi connectivity index (χ1v) is 7.34. The third kappa shape index (κ3) is 3.03. The topological polar surface area (TPSA) is 46.5 Å². The lowest BCUT2D eigenvalue weighted by atomic mass is 9.92. The molecule has 0 radical (unpaired) electrons. The number of aromatic carboxylic acids is 1. The molecule has 0 fully saturated rings. The average molecular weight is 303 g/mol. The van der Waals surface area contributed by atoms with E-state index in [4.69, 9.17) is 21.4 Å². The third-order valence-electron chi connectivity index (χ3n) is 3.73. The number of carboxylic acids is 1. The third-order valence-corrected chi connectivity index (χ3v) is 4.02. The molecule has 0 amide bonds. The summed E-state index contributed by atoms with van der Waals surface area (Å²) < 4.78 is 5.79. The maximum atomic E-state index is 10.9. The van der Waals surface area contributed by atoms with Crippen molar-refractivity contribution >= 4 is 17.6 Å². The summed E-state index contributed by atoms with van der Waals surface area (Å²) in [5.74, 6) is 0.204. The summed E-state index contributed by atoms with van der Waals surface area (Å²) in [4.78, 5) is 10.9. The van der Waals surface area contributed by atoms with Crippen molar-refractivity contribution in [3.8, 4) is 11.5 Å². The normalized spacial score (nSPS) is 13.6. The predicted molar refractivity (Wildman–Crippen MR) is 81.6 cm³/mol. The van der Waals surface area contributed by atoms with Crippen LogP contribution >= 0.6 is 11.6 Å². The molecule has 0 atom stereocenters. The van der Waals surface area contributed by atoms with E-state index in [2.05, 4.69) is 12.1 Å². The molecule has 1 aliphatic carbocycles. The van der Waals surface area contributed by atoms with Crippen molar-refractivity contribution in [2.75, 3.05) is 0 Å². The quantitative estimate of drug-likeness (QED) is 0.893. The van der Waals surface area contributed by atoms with E-state index in [9.17, 15) is 4.79 Å². The molecule has 1 N–H and O–H groups in total. The zero-order chi connectivity index (χ0) is 14.8. The number of carbonyl (C=O) groups is 1. The molecule has 0 heterocycles. The van der Waals surface area contributed by atoms with Crippen LogP contribution in [0.15, 0.2) is 36.4 Å². The lowest BCUT2D eigenvalue weighted by molar-refractivity contribution is 0.0697. The van der Waals surface area contributed by atoms with Gasteiger partial charge >= 0.3 is 5.97 Å². The van der Waals surface area contributed by atoms with Crippen LogP contribution < -0.4 is 4.74 Å². The molecule has 3 nitrogen and oxygen atoms in total. The number of rotatable bonds is 3. The van der Waals surface area contributed by atoms with Gasteiger partial charge in [-0.2, -0.15) is 0 Å². The van der Waals surface area contributed by atoms with Crippen LogP contribution in [0.4, 0.5) is 0 Å². The van der Waals surface area contributed by atoms with Crippen LogP contribution in [0.5, 0.6) is 11.5 Å². The lowest BCUT2D eigenvalue weighted by Gasteiger charge is -2.17. The maximum absolute atomic E-state index is 10.9. The van der Waals surface area contributed by atoms with Crippen LogP contribution in [0, 0.1) is 0 Å². The van der Waals surface area contributed by atoms with Crippen molar-refractivity contribution in [3.05, 3.63) is 58.1 Å². The number of carboxylic acid groups (broad SMARTS) is 1. The van der Waals surface area contributed by atoms with E-state index < -0.39 is 5.97 Å². The van der Waals surface area contributed by atoms with E-state index in [1.807, 2.05) is 6.07 Å². The Hall–Kier alpha value is -2.00. The summed E-state index contributed by atoms with van der Waals surface area (Å²) in [6.07, 6.45) is 4.67. The highest BCUT2D eigenvalue weighted by Crippen LogP contribution is 2.32. The van der Waals surface area contributed by atoms with Crippen molar-refractivity contribution in [1.82, 2.24) is 0 Å². The van der Waals surface area contributed by atoms with Gasteiger partial charge in [0.05, 0.1) is 10.6 Å². The number of hydrogen-bond donors (Lipinski definition) is 1. The second-order valence-corrected chi connectivity index (χ2v) is 5.60. The largest absolute Gasteiger partial charge is 0.478 e. The molecule has 108 valence electrons. The second kappa shape index (κ2) is 5.78. The fourth-order valence-corrected chi connectivity index (χ4v) is 2.84. The lowest BCUT2D eigenvalue weighted by Crippen LogP contribution is -2.02. The molecular weight excluding hydrogens is 288 g/mol. The summed E-state index contributed by atoms with van der Waals surface area (Å²) in [6.45, 7) is 0. The Morgan fingerprint density at radius 2 is 1.81 bits per heavy atom. The standard InChI is InChI=1S/C17H15ClO3/c18-15-10-13(17(19)20)6-8-16(15)21-14-7-5-11-3-1-2-4-12(11)9-14/h5-10H,1-4H2,(H,19,20). The fourth-order valence-electron chi connectivity index (χ4n) is 2.62. The Morgan fingerprint density at radius 1 is 1.05 bits per heavy atom. The SMILES string of the molecule is O=C(O)c1ccc(Oc2ccc3c(c2)CCCC3)c(Cl)c1.